The van der Waals surface area contributed by atoms with Crippen LogP contribution in [0.2, 0.25) is 0 Å². The molecule has 2 amide bonds. The third kappa shape index (κ3) is 2.99. The van der Waals surface area contributed by atoms with Crippen LogP contribution in [-0.4, -0.2) is 35.8 Å². The van der Waals surface area contributed by atoms with Crippen molar-refractivity contribution in [2.24, 2.45) is 11.3 Å². The van der Waals surface area contributed by atoms with Crippen molar-refractivity contribution >= 4 is 11.8 Å². The molecule has 20 heavy (non-hydrogen) atoms. The lowest BCUT2D eigenvalue weighted by atomic mass is 9.66. The van der Waals surface area contributed by atoms with Gasteiger partial charge in [-0.3, -0.25) is 9.59 Å². The molecule has 0 spiro atoms. The molecule has 1 aliphatic carbocycles. The third-order valence-electron chi connectivity index (χ3n) is 5.41. The van der Waals surface area contributed by atoms with E-state index < -0.39 is 0 Å². The molecule has 1 saturated carbocycles. The lowest BCUT2D eigenvalue weighted by Gasteiger charge is -2.45. The Hall–Kier alpha value is -1.06. The molecule has 4 nitrogen and oxygen atoms in total. The molecule has 2 aliphatic rings. The average Bonchev–Trinajstić information content (AvgIpc) is 2.54. The van der Waals surface area contributed by atoms with Gasteiger partial charge in [0.15, 0.2) is 0 Å². The van der Waals surface area contributed by atoms with E-state index >= 15 is 0 Å². The number of rotatable bonds is 5. The fourth-order valence-electron chi connectivity index (χ4n) is 3.33. The van der Waals surface area contributed by atoms with E-state index in [0.717, 1.165) is 19.4 Å². The molecule has 1 saturated heterocycles. The minimum Gasteiger partial charge on any atom is -0.344 e. The SMILES string of the molecule is CCC(C)C1NC(=O)CCN(CC2(CC)CCC2)C1=O. The van der Waals surface area contributed by atoms with Crippen LogP contribution in [0, 0.1) is 11.3 Å². The predicted octanol–water partition coefficient (Wildman–Crippen LogP) is 2.33. The second kappa shape index (κ2) is 6.15. The second-order valence-corrected chi connectivity index (χ2v) is 6.65. The summed E-state index contributed by atoms with van der Waals surface area (Å²) in [5, 5.41) is 2.92. The highest BCUT2D eigenvalue weighted by atomic mass is 16.2. The maximum absolute atomic E-state index is 12.7. The molecule has 1 heterocycles. The van der Waals surface area contributed by atoms with Crippen molar-refractivity contribution in [1.82, 2.24) is 10.2 Å². The van der Waals surface area contributed by atoms with E-state index in [4.69, 9.17) is 0 Å². The summed E-state index contributed by atoms with van der Waals surface area (Å²) in [6.45, 7) is 7.75. The molecular formula is C16H28N2O2. The Bertz CT molecular complexity index is 371. The van der Waals surface area contributed by atoms with Gasteiger partial charge in [0.1, 0.15) is 6.04 Å². The number of hydrogen-bond acceptors (Lipinski definition) is 2. The van der Waals surface area contributed by atoms with E-state index in [9.17, 15) is 9.59 Å². The number of nitrogens with zero attached hydrogens (tertiary/aromatic N) is 1. The maximum atomic E-state index is 12.7. The summed E-state index contributed by atoms with van der Waals surface area (Å²) >= 11 is 0. The summed E-state index contributed by atoms with van der Waals surface area (Å²) < 4.78 is 0. The first kappa shape index (κ1) is 15.3. The molecule has 1 N–H and O–H groups in total. The van der Waals surface area contributed by atoms with Gasteiger partial charge in [-0.2, -0.15) is 0 Å². The van der Waals surface area contributed by atoms with E-state index in [-0.39, 0.29) is 23.8 Å². The number of carbonyl (C=O) groups excluding carboxylic acids is 2. The van der Waals surface area contributed by atoms with Gasteiger partial charge in [-0.1, -0.05) is 33.6 Å². The zero-order valence-corrected chi connectivity index (χ0v) is 13.1. The van der Waals surface area contributed by atoms with Gasteiger partial charge in [-0.15, -0.1) is 0 Å². The Morgan fingerprint density at radius 2 is 2.05 bits per heavy atom. The molecule has 0 aromatic rings. The smallest absolute Gasteiger partial charge is 0.245 e. The van der Waals surface area contributed by atoms with Gasteiger partial charge in [0.2, 0.25) is 11.8 Å². The molecule has 2 unspecified atom stereocenters. The Kier molecular flexibility index (Phi) is 4.71. The van der Waals surface area contributed by atoms with Crippen molar-refractivity contribution in [2.45, 2.75) is 65.3 Å². The molecule has 0 aromatic heterocycles. The van der Waals surface area contributed by atoms with Gasteiger partial charge in [0.05, 0.1) is 0 Å². The van der Waals surface area contributed by atoms with E-state index in [2.05, 4.69) is 19.2 Å². The van der Waals surface area contributed by atoms with Gasteiger partial charge < -0.3 is 10.2 Å². The first-order valence-corrected chi connectivity index (χ1v) is 8.09. The lowest BCUT2D eigenvalue weighted by Crippen LogP contribution is -2.51. The van der Waals surface area contributed by atoms with Crippen LogP contribution in [0.5, 0.6) is 0 Å². The van der Waals surface area contributed by atoms with Gasteiger partial charge in [0.25, 0.3) is 0 Å². The molecule has 2 atom stereocenters. The van der Waals surface area contributed by atoms with Crippen LogP contribution in [0.3, 0.4) is 0 Å². The minimum atomic E-state index is -0.330. The maximum Gasteiger partial charge on any atom is 0.245 e. The molecule has 2 rings (SSSR count). The van der Waals surface area contributed by atoms with E-state index in [1.54, 1.807) is 0 Å². The zero-order chi connectivity index (χ0) is 14.8. The molecular weight excluding hydrogens is 252 g/mol. The van der Waals surface area contributed by atoms with Crippen LogP contribution in [0.4, 0.5) is 0 Å². The van der Waals surface area contributed by atoms with Crippen LogP contribution in [0.25, 0.3) is 0 Å². The average molecular weight is 280 g/mol. The number of hydrogen-bond donors (Lipinski definition) is 1. The highest BCUT2D eigenvalue weighted by molar-refractivity contribution is 5.90. The summed E-state index contributed by atoms with van der Waals surface area (Å²) in [4.78, 5) is 26.5. The molecule has 0 radical (unpaired) electrons. The van der Waals surface area contributed by atoms with Crippen molar-refractivity contribution in [2.75, 3.05) is 13.1 Å². The Morgan fingerprint density at radius 1 is 1.35 bits per heavy atom. The summed E-state index contributed by atoms with van der Waals surface area (Å²) in [6, 6.07) is -0.330. The summed E-state index contributed by atoms with van der Waals surface area (Å²) in [5.41, 5.74) is 0.322. The lowest BCUT2D eigenvalue weighted by molar-refractivity contribution is -0.137. The largest absolute Gasteiger partial charge is 0.344 e. The van der Waals surface area contributed by atoms with E-state index in [1.165, 1.54) is 19.3 Å². The predicted molar refractivity (Wildman–Crippen MR) is 79.2 cm³/mol. The molecule has 114 valence electrons. The van der Waals surface area contributed by atoms with Gasteiger partial charge in [-0.25, -0.2) is 0 Å². The fraction of sp³-hybridized carbons (Fsp3) is 0.875. The minimum absolute atomic E-state index is 0.0188. The summed E-state index contributed by atoms with van der Waals surface area (Å²) in [7, 11) is 0. The standard InChI is InChI=1S/C16H28N2O2/c1-4-12(3)14-15(20)18(10-7-13(19)17-14)11-16(5-2)8-6-9-16/h12,14H,4-11H2,1-3H3,(H,17,19). The fourth-order valence-corrected chi connectivity index (χ4v) is 3.33. The Balaban J connectivity index is 2.10. The number of nitrogens with one attached hydrogen (secondary N) is 1. The van der Waals surface area contributed by atoms with E-state index in [0.29, 0.717) is 18.4 Å². The van der Waals surface area contributed by atoms with Crippen LogP contribution in [-0.2, 0) is 9.59 Å². The topological polar surface area (TPSA) is 49.4 Å². The zero-order valence-electron chi connectivity index (χ0n) is 13.1. The van der Waals surface area contributed by atoms with Gasteiger partial charge in [0, 0.05) is 19.5 Å². The van der Waals surface area contributed by atoms with Crippen LogP contribution >= 0.6 is 0 Å². The Morgan fingerprint density at radius 3 is 2.55 bits per heavy atom. The summed E-state index contributed by atoms with van der Waals surface area (Å²) in [6.07, 6.45) is 6.21. The normalized spacial score (nSPS) is 27.6. The molecule has 0 aromatic carbocycles. The van der Waals surface area contributed by atoms with Crippen molar-refractivity contribution < 1.29 is 9.59 Å². The van der Waals surface area contributed by atoms with Crippen molar-refractivity contribution in [3.05, 3.63) is 0 Å². The number of carbonyl (C=O) groups is 2. The van der Waals surface area contributed by atoms with E-state index in [1.807, 2.05) is 11.8 Å². The summed E-state index contributed by atoms with van der Waals surface area (Å²) in [5.74, 6) is 0.348. The molecule has 4 heteroatoms. The highest BCUT2D eigenvalue weighted by Gasteiger charge is 2.40. The highest BCUT2D eigenvalue weighted by Crippen LogP contribution is 2.44. The van der Waals surface area contributed by atoms with Crippen molar-refractivity contribution in [1.29, 1.82) is 0 Å². The van der Waals surface area contributed by atoms with Gasteiger partial charge in [-0.05, 0) is 30.6 Å². The van der Waals surface area contributed by atoms with Crippen molar-refractivity contribution in [3.63, 3.8) is 0 Å². The molecule has 0 bridgehead atoms. The first-order valence-electron chi connectivity index (χ1n) is 8.09. The van der Waals surface area contributed by atoms with Crippen LogP contribution in [0.1, 0.15) is 59.3 Å². The third-order valence-corrected chi connectivity index (χ3v) is 5.41. The molecule has 2 fully saturated rings. The second-order valence-electron chi connectivity index (χ2n) is 6.65. The quantitative estimate of drug-likeness (QED) is 0.840. The Labute approximate surface area is 122 Å². The monoisotopic (exact) mass is 280 g/mol. The first-order chi connectivity index (χ1) is 9.51. The molecule has 1 aliphatic heterocycles. The van der Waals surface area contributed by atoms with Crippen LogP contribution < -0.4 is 5.32 Å². The van der Waals surface area contributed by atoms with Gasteiger partial charge >= 0.3 is 0 Å². The van der Waals surface area contributed by atoms with Crippen LogP contribution in [0.15, 0.2) is 0 Å². The van der Waals surface area contributed by atoms with Crippen molar-refractivity contribution in [3.8, 4) is 0 Å². The number of amides is 2.